The number of nitrogens with zero attached hydrogens (tertiary/aromatic N) is 1. The van der Waals surface area contributed by atoms with E-state index in [0.717, 1.165) is 18.5 Å². The fourth-order valence-electron chi connectivity index (χ4n) is 2.44. The van der Waals surface area contributed by atoms with Gasteiger partial charge in [0.2, 0.25) is 0 Å². The molecule has 0 bridgehead atoms. The van der Waals surface area contributed by atoms with Gasteiger partial charge in [0.25, 0.3) is 5.69 Å². The molecule has 0 unspecified atom stereocenters. The normalized spacial score (nSPS) is 23.6. The van der Waals surface area contributed by atoms with Crippen LogP contribution in [0.2, 0.25) is 0 Å². The van der Waals surface area contributed by atoms with Gasteiger partial charge in [0, 0.05) is 24.9 Å². The lowest BCUT2D eigenvalue weighted by Crippen LogP contribution is -2.37. The Balaban J connectivity index is 2.01. The van der Waals surface area contributed by atoms with Crippen molar-refractivity contribution in [2.24, 2.45) is 0 Å². The highest BCUT2D eigenvalue weighted by molar-refractivity contribution is 5.49. The predicted molar refractivity (Wildman–Crippen MR) is 69.8 cm³/mol. The van der Waals surface area contributed by atoms with Gasteiger partial charge in [0.15, 0.2) is 0 Å². The summed E-state index contributed by atoms with van der Waals surface area (Å²) in [4.78, 5) is 10.2. The maximum absolute atomic E-state index is 10.6. The number of hydrogen-bond acceptors (Lipinski definition) is 4. The topological polar surface area (TPSA) is 64.4 Å². The minimum Gasteiger partial charge on any atom is -0.380 e. The fraction of sp³-hybridized carbons (Fsp3) is 0.538. The molecule has 1 fully saturated rings. The summed E-state index contributed by atoms with van der Waals surface area (Å²) < 4.78 is 5.47. The van der Waals surface area contributed by atoms with Crippen LogP contribution in [0.25, 0.3) is 0 Å². The SMILES string of the molecule is CO[C@@H]1CCCC[C@H]1Nc1ccc([N+](=O)[O-])cc1. The van der Waals surface area contributed by atoms with Gasteiger partial charge in [-0.3, -0.25) is 10.1 Å². The van der Waals surface area contributed by atoms with E-state index in [1.54, 1.807) is 19.2 Å². The lowest BCUT2D eigenvalue weighted by Gasteiger charge is -2.31. The lowest BCUT2D eigenvalue weighted by atomic mass is 9.92. The molecule has 5 heteroatoms. The Hall–Kier alpha value is -1.62. The molecule has 0 aliphatic heterocycles. The zero-order valence-electron chi connectivity index (χ0n) is 10.5. The van der Waals surface area contributed by atoms with Gasteiger partial charge in [0.1, 0.15) is 0 Å². The molecule has 0 amide bonds. The van der Waals surface area contributed by atoms with Gasteiger partial charge in [0.05, 0.1) is 17.1 Å². The van der Waals surface area contributed by atoms with Gasteiger partial charge in [-0.05, 0) is 25.0 Å². The van der Waals surface area contributed by atoms with Crippen molar-refractivity contribution < 1.29 is 9.66 Å². The van der Waals surface area contributed by atoms with E-state index in [9.17, 15) is 10.1 Å². The van der Waals surface area contributed by atoms with Gasteiger partial charge >= 0.3 is 0 Å². The number of nitro benzene ring substituents is 1. The van der Waals surface area contributed by atoms with Gasteiger partial charge in [-0.25, -0.2) is 0 Å². The Morgan fingerprint density at radius 1 is 1.28 bits per heavy atom. The molecule has 1 aliphatic carbocycles. The summed E-state index contributed by atoms with van der Waals surface area (Å²) in [6.45, 7) is 0. The minimum absolute atomic E-state index is 0.118. The number of methoxy groups -OCH3 is 1. The van der Waals surface area contributed by atoms with Crippen LogP contribution in [0.5, 0.6) is 0 Å². The Morgan fingerprint density at radius 3 is 2.56 bits per heavy atom. The average Bonchev–Trinajstić information content (AvgIpc) is 2.40. The molecule has 1 aliphatic rings. The molecule has 0 aromatic heterocycles. The number of anilines is 1. The predicted octanol–water partition coefficient (Wildman–Crippen LogP) is 2.96. The largest absolute Gasteiger partial charge is 0.380 e. The van der Waals surface area contributed by atoms with Crippen molar-refractivity contribution in [1.82, 2.24) is 0 Å². The molecule has 2 rings (SSSR count). The van der Waals surface area contributed by atoms with Gasteiger partial charge in [-0.2, -0.15) is 0 Å². The summed E-state index contributed by atoms with van der Waals surface area (Å²) in [6, 6.07) is 6.84. The zero-order valence-corrected chi connectivity index (χ0v) is 10.5. The van der Waals surface area contributed by atoms with E-state index in [2.05, 4.69) is 5.32 Å². The molecule has 0 radical (unpaired) electrons. The molecule has 1 aromatic rings. The minimum atomic E-state index is -0.387. The Labute approximate surface area is 106 Å². The van der Waals surface area contributed by atoms with Crippen LogP contribution in [0.3, 0.4) is 0 Å². The van der Waals surface area contributed by atoms with E-state index in [4.69, 9.17) is 4.74 Å². The zero-order chi connectivity index (χ0) is 13.0. The quantitative estimate of drug-likeness (QED) is 0.659. The van der Waals surface area contributed by atoms with E-state index in [1.165, 1.54) is 25.0 Å². The molecule has 1 N–H and O–H groups in total. The van der Waals surface area contributed by atoms with Crippen LogP contribution < -0.4 is 5.32 Å². The highest BCUT2D eigenvalue weighted by atomic mass is 16.6. The summed E-state index contributed by atoms with van der Waals surface area (Å²) in [5.74, 6) is 0. The summed E-state index contributed by atoms with van der Waals surface area (Å²) >= 11 is 0. The van der Waals surface area contributed by atoms with Crippen molar-refractivity contribution in [2.75, 3.05) is 12.4 Å². The van der Waals surface area contributed by atoms with Crippen LogP contribution in [0.4, 0.5) is 11.4 Å². The molecule has 0 heterocycles. The highest BCUT2D eigenvalue weighted by Gasteiger charge is 2.24. The van der Waals surface area contributed by atoms with Crippen LogP contribution in [-0.4, -0.2) is 24.2 Å². The summed E-state index contributed by atoms with van der Waals surface area (Å²) in [6.07, 6.45) is 4.78. The van der Waals surface area contributed by atoms with Crippen LogP contribution in [0.1, 0.15) is 25.7 Å². The summed E-state index contributed by atoms with van der Waals surface area (Å²) in [5.41, 5.74) is 1.03. The van der Waals surface area contributed by atoms with Crippen molar-refractivity contribution in [3.05, 3.63) is 34.4 Å². The first-order chi connectivity index (χ1) is 8.70. The lowest BCUT2D eigenvalue weighted by molar-refractivity contribution is -0.384. The molecule has 1 saturated carbocycles. The monoisotopic (exact) mass is 250 g/mol. The number of rotatable bonds is 4. The van der Waals surface area contributed by atoms with Crippen molar-refractivity contribution >= 4 is 11.4 Å². The summed E-state index contributed by atoms with van der Waals surface area (Å²) in [7, 11) is 1.74. The number of hydrogen-bond donors (Lipinski definition) is 1. The average molecular weight is 250 g/mol. The Kier molecular flexibility index (Phi) is 4.15. The van der Waals surface area contributed by atoms with Crippen molar-refractivity contribution in [1.29, 1.82) is 0 Å². The third-order valence-corrected chi connectivity index (χ3v) is 3.44. The van der Waals surface area contributed by atoms with E-state index in [-0.39, 0.29) is 16.7 Å². The molecule has 1 aromatic carbocycles. The smallest absolute Gasteiger partial charge is 0.269 e. The molecule has 0 spiro atoms. The summed E-state index contributed by atoms with van der Waals surface area (Å²) in [5, 5.41) is 14.0. The Bertz CT molecular complexity index is 405. The number of nitro groups is 1. The van der Waals surface area contributed by atoms with Crippen LogP contribution in [-0.2, 0) is 4.74 Å². The van der Waals surface area contributed by atoms with Gasteiger partial charge in [-0.1, -0.05) is 12.8 Å². The number of ether oxygens (including phenoxy) is 1. The van der Waals surface area contributed by atoms with E-state index >= 15 is 0 Å². The van der Waals surface area contributed by atoms with Crippen LogP contribution in [0, 0.1) is 10.1 Å². The highest BCUT2D eigenvalue weighted by Crippen LogP contribution is 2.25. The van der Waals surface area contributed by atoms with Crippen molar-refractivity contribution in [2.45, 2.75) is 37.8 Å². The maximum atomic E-state index is 10.6. The molecule has 2 atom stereocenters. The molecular formula is C13H18N2O3. The van der Waals surface area contributed by atoms with Gasteiger partial charge < -0.3 is 10.1 Å². The second kappa shape index (κ2) is 5.82. The van der Waals surface area contributed by atoms with Crippen LogP contribution in [0.15, 0.2) is 24.3 Å². The first-order valence-corrected chi connectivity index (χ1v) is 6.24. The maximum Gasteiger partial charge on any atom is 0.269 e. The third-order valence-electron chi connectivity index (χ3n) is 3.44. The fourth-order valence-corrected chi connectivity index (χ4v) is 2.44. The van der Waals surface area contributed by atoms with E-state index in [0.29, 0.717) is 6.04 Å². The molecule has 0 saturated heterocycles. The number of benzene rings is 1. The Morgan fingerprint density at radius 2 is 1.94 bits per heavy atom. The molecule has 18 heavy (non-hydrogen) atoms. The van der Waals surface area contributed by atoms with Crippen molar-refractivity contribution in [3.63, 3.8) is 0 Å². The third kappa shape index (κ3) is 2.98. The number of non-ortho nitro benzene ring substituents is 1. The van der Waals surface area contributed by atoms with E-state index < -0.39 is 0 Å². The van der Waals surface area contributed by atoms with Gasteiger partial charge in [-0.15, -0.1) is 0 Å². The van der Waals surface area contributed by atoms with Crippen molar-refractivity contribution in [3.8, 4) is 0 Å². The van der Waals surface area contributed by atoms with Crippen LogP contribution >= 0.6 is 0 Å². The molecular weight excluding hydrogens is 232 g/mol. The van der Waals surface area contributed by atoms with E-state index in [1.807, 2.05) is 0 Å². The molecule has 98 valence electrons. The second-order valence-corrected chi connectivity index (χ2v) is 4.61. The second-order valence-electron chi connectivity index (χ2n) is 4.61. The number of nitrogens with one attached hydrogen (secondary N) is 1. The first kappa shape index (κ1) is 12.8. The first-order valence-electron chi connectivity index (χ1n) is 6.24. The standard InChI is InChI=1S/C13H18N2O3/c1-18-13-5-3-2-4-12(13)14-10-6-8-11(9-7-10)15(16)17/h6-9,12-14H,2-5H2,1H3/t12-,13-/m1/s1. The molecule has 5 nitrogen and oxygen atoms in total.